The molecule has 0 aliphatic carbocycles. The van der Waals surface area contributed by atoms with E-state index in [-0.39, 0.29) is 12.4 Å². The van der Waals surface area contributed by atoms with Crippen LogP contribution in [0.4, 0.5) is 0 Å². The van der Waals surface area contributed by atoms with Crippen LogP contribution in [0.25, 0.3) is 0 Å². The second kappa shape index (κ2) is 4.32. The van der Waals surface area contributed by atoms with Crippen molar-refractivity contribution in [3.8, 4) is 6.07 Å². The quantitative estimate of drug-likeness (QED) is 0.619. The van der Waals surface area contributed by atoms with E-state index in [4.69, 9.17) is 14.7 Å². The lowest BCUT2D eigenvalue weighted by molar-refractivity contribution is -0.115. The third-order valence-corrected chi connectivity index (χ3v) is 1.91. The molecule has 0 amide bonds. The standard InChI is InChI=1S/C8H13NO2/c1-10-8-5-4-7(11-8)3-2-6-9/h7-8H,2-5H2,1H3. The van der Waals surface area contributed by atoms with Crippen molar-refractivity contribution in [2.75, 3.05) is 7.11 Å². The second-order valence-electron chi connectivity index (χ2n) is 2.70. The van der Waals surface area contributed by atoms with Gasteiger partial charge in [0.15, 0.2) is 6.29 Å². The van der Waals surface area contributed by atoms with Gasteiger partial charge in [-0.05, 0) is 12.8 Å². The lowest BCUT2D eigenvalue weighted by atomic mass is 10.1. The number of hydrogen-bond donors (Lipinski definition) is 0. The fraction of sp³-hybridized carbons (Fsp3) is 0.875. The van der Waals surface area contributed by atoms with Gasteiger partial charge in [0.1, 0.15) is 0 Å². The van der Waals surface area contributed by atoms with Crippen molar-refractivity contribution in [1.82, 2.24) is 0 Å². The van der Waals surface area contributed by atoms with Crippen molar-refractivity contribution in [2.45, 2.75) is 38.1 Å². The highest BCUT2D eigenvalue weighted by Gasteiger charge is 2.23. The summed E-state index contributed by atoms with van der Waals surface area (Å²) in [5.41, 5.74) is 0. The first kappa shape index (κ1) is 8.51. The summed E-state index contributed by atoms with van der Waals surface area (Å²) >= 11 is 0. The van der Waals surface area contributed by atoms with Crippen LogP contribution >= 0.6 is 0 Å². The first-order valence-corrected chi connectivity index (χ1v) is 3.92. The molecular weight excluding hydrogens is 142 g/mol. The summed E-state index contributed by atoms with van der Waals surface area (Å²) in [6.07, 6.45) is 3.64. The molecule has 62 valence electrons. The molecule has 2 atom stereocenters. The molecule has 2 unspecified atom stereocenters. The summed E-state index contributed by atoms with van der Waals surface area (Å²) in [6, 6.07) is 2.11. The fourth-order valence-electron chi connectivity index (χ4n) is 1.28. The van der Waals surface area contributed by atoms with Crippen LogP contribution < -0.4 is 0 Å². The van der Waals surface area contributed by atoms with E-state index in [1.54, 1.807) is 7.11 Å². The molecule has 0 radical (unpaired) electrons. The maximum Gasteiger partial charge on any atom is 0.157 e. The van der Waals surface area contributed by atoms with Crippen molar-refractivity contribution >= 4 is 0 Å². The SMILES string of the molecule is COC1CCC(CCC#N)O1. The number of methoxy groups -OCH3 is 1. The van der Waals surface area contributed by atoms with Gasteiger partial charge in [-0.3, -0.25) is 0 Å². The largest absolute Gasteiger partial charge is 0.356 e. The Hall–Kier alpha value is -0.590. The van der Waals surface area contributed by atoms with Gasteiger partial charge in [0.2, 0.25) is 0 Å². The summed E-state index contributed by atoms with van der Waals surface area (Å²) in [4.78, 5) is 0. The predicted octanol–water partition coefficient (Wildman–Crippen LogP) is 1.44. The Morgan fingerprint density at radius 1 is 1.64 bits per heavy atom. The minimum Gasteiger partial charge on any atom is -0.356 e. The van der Waals surface area contributed by atoms with Crippen molar-refractivity contribution in [1.29, 1.82) is 5.26 Å². The van der Waals surface area contributed by atoms with Gasteiger partial charge in [0, 0.05) is 20.0 Å². The van der Waals surface area contributed by atoms with Crippen LogP contribution in [0.2, 0.25) is 0 Å². The molecule has 0 aromatic carbocycles. The summed E-state index contributed by atoms with van der Waals surface area (Å²) in [6.45, 7) is 0. The van der Waals surface area contributed by atoms with Crippen molar-refractivity contribution in [2.24, 2.45) is 0 Å². The minimum absolute atomic E-state index is 0.0290. The minimum atomic E-state index is -0.0290. The number of nitrogens with zero attached hydrogens (tertiary/aromatic N) is 1. The van der Waals surface area contributed by atoms with Crippen LogP contribution in [-0.2, 0) is 9.47 Å². The van der Waals surface area contributed by atoms with Gasteiger partial charge in [-0.1, -0.05) is 0 Å². The zero-order valence-corrected chi connectivity index (χ0v) is 6.75. The molecule has 1 saturated heterocycles. The Kier molecular flexibility index (Phi) is 3.34. The van der Waals surface area contributed by atoms with Crippen LogP contribution in [0.1, 0.15) is 25.7 Å². The first-order valence-electron chi connectivity index (χ1n) is 3.92. The zero-order valence-electron chi connectivity index (χ0n) is 6.75. The maximum absolute atomic E-state index is 8.31. The third kappa shape index (κ3) is 2.49. The number of nitriles is 1. The van der Waals surface area contributed by atoms with E-state index >= 15 is 0 Å². The third-order valence-electron chi connectivity index (χ3n) is 1.91. The zero-order chi connectivity index (χ0) is 8.10. The molecule has 0 N–H and O–H groups in total. The van der Waals surface area contributed by atoms with E-state index in [0.717, 1.165) is 19.3 Å². The van der Waals surface area contributed by atoms with Gasteiger partial charge >= 0.3 is 0 Å². The monoisotopic (exact) mass is 155 g/mol. The van der Waals surface area contributed by atoms with Crippen molar-refractivity contribution < 1.29 is 9.47 Å². The average Bonchev–Trinajstić information content (AvgIpc) is 2.48. The van der Waals surface area contributed by atoms with Gasteiger partial charge < -0.3 is 9.47 Å². The Balaban J connectivity index is 2.15. The maximum atomic E-state index is 8.31. The van der Waals surface area contributed by atoms with Gasteiger partial charge in [-0.15, -0.1) is 0 Å². The second-order valence-corrected chi connectivity index (χ2v) is 2.70. The molecule has 1 aliphatic rings. The topological polar surface area (TPSA) is 42.2 Å². The summed E-state index contributed by atoms with van der Waals surface area (Å²) < 4.78 is 10.5. The Labute approximate surface area is 66.9 Å². The lowest BCUT2D eigenvalue weighted by Crippen LogP contribution is -2.11. The highest BCUT2D eigenvalue weighted by molar-refractivity contribution is 4.75. The molecule has 0 spiro atoms. The molecule has 1 rings (SSSR count). The Bertz CT molecular complexity index is 153. The van der Waals surface area contributed by atoms with E-state index in [0.29, 0.717) is 6.42 Å². The molecule has 0 saturated carbocycles. The summed E-state index contributed by atoms with van der Waals surface area (Å²) in [5, 5.41) is 8.31. The van der Waals surface area contributed by atoms with Gasteiger partial charge in [0.05, 0.1) is 12.2 Å². The van der Waals surface area contributed by atoms with Crippen LogP contribution in [0.15, 0.2) is 0 Å². The summed E-state index contributed by atoms with van der Waals surface area (Å²) in [5.74, 6) is 0. The Morgan fingerprint density at radius 3 is 3.00 bits per heavy atom. The normalized spacial score (nSPS) is 30.2. The molecule has 1 aliphatic heterocycles. The van der Waals surface area contributed by atoms with Crippen LogP contribution in [0, 0.1) is 11.3 Å². The van der Waals surface area contributed by atoms with Crippen LogP contribution in [-0.4, -0.2) is 19.5 Å². The molecule has 0 bridgehead atoms. The molecular formula is C8H13NO2. The van der Waals surface area contributed by atoms with E-state index in [9.17, 15) is 0 Å². The fourth-order valence-corrected chi connectivity index (χ4v) is 1.28. The molecule has 0 aromatic heterocycles. The average molecular weight is 155 g/mol. The van der Waals surface area contributed by atoms with Crippen molar-refractivity contribution in [3.05, 3.63) is 0 Å². The molecule has 11 heavy (non-hydrogen) atoms. The van der Waals surface area contributed by atoms with Crippen LogP contribution in [0.5, 0.6) is 0 Å². The van der Waals surface area contributed by atoms with E-state index in [1.807, 2.05) is 0 Å². The lowest BCUT2D eigenvalue weighted by Gasteiger charge is -2.09. The smallest absolute Gasteiger partial charge is 0.157 e. The highest BCUT2D eigenvalue weighted by atomic mass is 16.7. The van der Waals surface area contributed by atoms with Gasteiger partial charge in [-0.2, -0.15) is 5.26 Å². The van der Waals surface area contributed by atoms with E-state index in [1.165, 1.54) is 0 Å². The molecule has 0 aromatic rings. The van der Waals surface area contributed by atoms with E-state index in [2.05, 4.69) is 6.07 Å². The first-order chi connectivity index (χ1) is 5.36. The molecule has 1 fully saturated rings. The predicted molar refractivity (Wildman–Crippen MR) is 39.8 cm³/mol. The molecule has 1 heterocycles. The molecule has 3 heteroatoms. The van der Waals surface area contributed by atoms with Gasteiger partial charge in [-0.25, -0.2) is 0 Å². The molecule has 3 nitrogen and oxygen atoms in total. The van der Waals surface area contributed by atoms with E-state index < -0.39 is 0 Å². The summed E-state index contributed by atoms with van der Waals surface area (Å²) in [7, 11) is 1.65. The number of hydrogen-bond acceptors (Lipinski definition) is 3. The Morgan fingerprint density at radius 2 is 2.45 bits per heavy atom. The van der Waals surface area contributed by atoms with Crippen molar-refractivity contribution in [3.63, 3.8) is 0 Å². The van der Waals surface area contributed by atoms with Gasteiger partial charge in [0.25, 0.3) is 0 Å². The number of rotatable bonds is 3. The van der Waals surface area contributed by atoms with Crippen LogP contribution in [0.3, 0.4) is 0 Å². The highest BCUT2D eigenvalue weighted by Crippen LogP contribution is 2.22. The number of ether oxygens (including phenoxy) is 2.